The highest BCUT2D eigenvalue weighted by atomic mass is 19.1. The number of para-hydroxylation sites is 2. The maximum absolute atomic E-state index is 13.2. The highest BCUT2D eigenvalue weighted by molar-refractivity contribution is 5.91. The third-order valence-corrected chi connectivity index (χ3v) is 3.97. The van der Waals surface area contributed by atoms with Crippen molar-refractivity contribution in [2.45, 2.75) is 0 Å². The van der Waals surface area contributed by atoms with Gasteiger partial charge >= 0.3 is 11.7 Å². The lowest BCUT2D eigenvalue weighted by Crippen LogP contribution is -2.24. The number of halogens is 1. The fraction of sp³-hybridized carbons (Fsp3) is 0.0455. The summed E-state index contributed by atoms with van der Waals surface area (Å²) in [5.74, 6) is -1.63. The Morgan fingerprint density at radius 2 is 1.81 bits per heavy atom. The molecule has 0 saturated heterocycles. The molecular formula is C22H16FN3O6. The molecule has 0 heterocycles. The zero-order chi connectivity index (χ0) is 22.9. The van der Waals surface area contributed by atoms with Gasteiger partial charge in [0.2, 0.25) is 0 Å². The number of esters is 1. The molecule has 0 fully saturated rings. The second kappa shape index (κ2) is 10.4. The smallest absolute Gasteiger partial charge is 0.343 e. The number of rotatable bonds is 8. The lowest BCUT2D eigenvalue weighted by Gasteiger charge is -2.05. The quantitative estimate of drug-likeness (QED) is 0.189. The van der Waals surface area contributed by atoms with Gasteiger partial charge in [-0.1, -0.05) is 18.2 Å². The summed E-state index contributed by atoms with van der Waals surface area (Å²) < 4.78 is 23.5. The Hall–Kier alpha value is -4.60. The van der Waals surface area contributed by atoms with Gasteiger partial charge in [-0.2, -0.15) is 5.10 Å². The van der Waals surface area contributed by atoms with Gasteiger partial charge in [-0.05, 0) is 54.1 Å². The molecular weight excluding hydrogens is 421 g/mol. The molecule has 0 radical (unpaired) electrons. The minimum atomic E-state index is -0.697. The van der Waals surface area contributed by atoms with Crippen LogP contribution in [0.1, 0.15) is 15.9 Å². The summed E-state index contributed by atoms with van der Waals surface area (Å²) in [6, 6.07) is 17.0. The minimum Gasteiger partial charge on any atom is -0.477 e. The number of hydrogen-bond acceptors (Lipinski definition) is 7. The Labute approximate surface area is 181 Å². The monoisotopic (exact) mass is 437 g/mol. The lowest BCUT2D eigenvalue weighted by molar-refractivity contribution is -0.385. The zero-order valence-corrected chi connectivity index (χ0v) is 16.4. The molecule has 0 aromatic heterocycles. The van der Waals surface area contributed by atoms with Crippen molar-refractivity contribution >= 4 is 23.8 Å². The predicted octanol–water partition coefficient (Wildman–Crippen LogP) is 3.48. The van der Waals surface area contributed by atoms with Crippen molar-refractivity contribution < 1.29 is 28.4 Å². The average Bonchev–Trinajstić information content (AvgIpc) is 2.79. The van der Waals surface area contributed by atoms with E-state index in [-0.39, 0.29) is 22.7 Å². The molecule has 0 unspecified atom stereocenters. The van der Waals surface area contributed by atoms with Crippen LogP contribution in [0.3, 0.4) is 0 Å². The maximum atomic E-state index is 13.2. The number of benzene rings is 3. The summed E-state index contributed by atoms with van der Waals surface area (Å²) in [6.07, 6.45) is 1.35. The Balaban J connectivity index is 1.49. The second-order valence-corrected chi connectivity index (χ2v) is 6.28. The summed E-state index contributed by atoms with van der Waals surface area (Å²) >= 11 is 0. The van der Waals surface area contributed by atoms with Crippen LogP contribution in [0.5, 0.6) is 11.5 Å². The molecule has 0 aliphatic rings. The molecule has 1 amide bonds. The van der Waals surface area contributed by atoms with E-state index in [1.54, 1.807) is 18.2 Å². The Kier molecular flexibility index (Phi) is 7.20. The van der Waals surface area contributed by atoms with Gasteiger partial charge in [-0.25, -0.2) is 14.6 Å². The number of nitro benzene ring substituents is 1. The standard InChI is InChI=1S/C22H16FN3O6/c23-17-5-3-4-16(12-17)22(28)32-18-10-8-15(9-11-18)13-24-25-21(27)14-31-20-7-2-1-6-19(20)26(29)30/h1-13H,14H2,(H,25,27). The predicted molar refractivity (Wildman–Crippen MR) is 112 cm³/mol. The lowest BCUT2D eigenvalue weighted by atomic mass is 10.2. The van der Waals surface area contributed by atoms with E-state index in [1.807, 2.05) is 0 Å². The van der Waals surface area contributed by atoms with E-state index in [0.717, 1.165) is 6.07 Å². The van der Waals surface area contributed by atoms with Gasteiger partial charge in [0.05, 0.1) is 16.7 Å². The van der Waals surface area contributed by atoms with Crippen LogP contribution in [0, 0.1) is 15.9 Å². The van der Waals surface area contributed by atoms with Crippen LogP contribution >= 0.6 is 0 Å². The van der Waals surface area contributed by atoms with Crippen molar-refractivity contribution in [2.75, 3.05) is 6.61 Å². The number of ether oxygens (including phenoxy) is 2. The molecule has 162 valence electrons. The summed E-state index contributed by atoms with van der Waals surface area (Å²) in [4.78, 5) is 34.1. The number of nitro groups is 1. The Morgan fingerprint density at radius 1 is 1.06 bits per heavy atom. The topological polar surface area (TPSA) is 120 Å². The molecule has 0 aliphatic carbocycles. The number of nitrogens with zero attached hydrogens (tertiary/aromatic N) is 2. The summed E-state index contributed by atoms with van der Waals surface area (Å²) in [6.45, 7) is -0.461. The van der Waals surface area contributed by atoms with Gasteiger partial charge in [0, 0.05) is 6.07 Å². The number of carbonyl (C=O) groups excluding carboxylic acids is 2. The molecule has 1 N–H and O–H groups in total. The third kappa shape index (κ3) is 6.20. The van der Waals surface area contributed by atoms with Crippen LogP contribution in [0.4, 0.5) is 10.1 Å². The first-order valence-electron chi connectivity index (χ1n) is 9.18. The highest BCUT2D eigenvalue weighted by Gasteiger charge is 2.14. The summed E-state index contributed by atoms with van der Waals surface area (Å²) in [5.41, 5.74) is 2.67. The van der Waals surface area contributed by atoms with Gasteiger partial charge in [0.15, 0.2) is 12.4 Å². The minimum absolute atomic E-state index is 0.0278. The first-order chi connectivity index (χ1) is 15.4. The van der Waals surface area contributed by atoms with E-state index in [0.29, 0.717) is 5.56 Å². The maximum Gasteiger partial charge on any atom is 0.343 e. The third-order valence-electron chi connectivity index (χ3n) is 3.97. The number of nitrogens with one attached hydrogen (secondary N) is 1. The number of hydrogen-bond donors (Lipinski definition) is 1. The van der Waals surface area contributed by atoms with Crippen LogP contribution < -0.4 is 14.9 Å². The second-order valence-electron chi connectivity index (χ2n) is 6.28. The van der Waals surface area contributed by atoms with Crippen LogP contribution in [0.15, 0.2) is 77.9 Å². The van der Waals surface area contributed by atoms with Gasteiger partial charge in [0.25, 0.3) is 5.91 Å². The van der Waals surface area contributed by atoms with Crippen LogP contribution in [0.2, 0.25) is 0 Å². The van der Waals surface area contributed by atoms with Crippen molar-refractivity contribution in [3.05, 3.63) is 99.9 Å². The van der Waals surface area contributed by atoms with Crippen molar-refractivity contribution in [3.63, 3.8) is 0 Å². The van der Waals surface area contributed by atoms with E-state index in [9.17, 15) is 24.1 Å². The molecule has 32 heavy (non-hydrogen) atoms. The van der Waals surface area contributed by atoms with Crippen LogP contribution in [-0.2, 0) is 4.79 Å². The summed E-state index contributed by atoms with van der Waals surface area (Å²) in [7, 11) is 0. The molecule has 10 heteroatoms. The van der Waals surface area contributed by atoms with Crippen LogP contribution in [0.25, 0.3) is 0 Å². The first-order valence-corrected chi connectivity index (χ1v) is 9.18. The van der Waals surface area contributed by atoms with Crippen LogP contribution in [-0.4, -0.2) is 29.6 Å². The van der Waals surface area contributed by atoms with E-state index >= 15 is 0 Å². The molecule has 0 atom stereocenters. The SMILES string of the molecule is O=C(COc1ccccc1[N+](=O)[O-])NN=Cc1ccc(OC(=O)c2cccc(F)c2)cc1. The molecule has 3 aromatic rings. The van der Waals surface area contributed by atoms with E-state index in [1.165, 1.54) is 54.7 Å². The fourth-order valence-electron chi connectivity index (χ4n) is 2.49. The fourth-order valence-corrected chi connectivity index (χ4v) is 2.49. The Morgan fingerprint density at radius 3 is 2.53 bits per heavy atom. The van der Waals surface area contributed by atoms with E-state index in [2.05, 4.69) is 10.5 Å². The van der Waals surface area contributed by atoms with E-state index in [4.69, 9.17) is 9.47 Å². The van der Waals surface area contributed by atoms with Gasteiger partial charge in [-0.3, -0.25) is 14.9 Å². The largest absolute Gasteiger partial charge is 0.477 e. The van der Waals surface area contributed by atoms with Gasteiger partial charge in [-0.15, -0.1) is 0 Å². The molecule has 9 nitrogen and oxygen atoms in total. The van der Waals surface area contributed by atoms with E-state index < -0.39 is 29.2 Å². The number of carbonyl (C=O) groups is 2. The molecule has 0 bridgehead atoms. The number of amides is 1. The van der Waals surface area contributed by atoms with Crippen molar-refractivity contribution in [1.29, 1.82) is 0 Å². The van der Waals surface area contributed by atoms with Crippen molar-refractivity contribution in [1.82, 2.24) is 5.43 Å². The summed E-state index contributed by atoms with van der Waals surface area (Å²) in [5, 5.41) is 14.7. The van der Waals surface area contributed by atoms with Crippen molar-refractivity contribution in [3.8, 4) is 11.5 Å². The van der Waals surface area contributed by atoms with Gasteiger partial charge < -0.3 is 9.47 Å². The highest BCUT2D eigenvalue weighted by Crippen LogP contribution is 2.25. The molecule has 3 rings (SSSR count). The van der Waals surface area contributed by atoms with Gasteiger partial charge in [0.1, 0.15) is 11.6 Å². The first kappa shape index (κ1) is 22.1. The zero-order valence-electron chi connectivity index (χ0n) is 16.4. The molecule has 0 spiro atoms. The normalized spacial score (nSPS) is 10.5. The Bertz CT molecular complexity index is 1160. The van der Waals surface area contributed by atoms with Crippen molar-refractivity contribution in [2.24, 2.45) is 5.10 Å². The molecule has 0 saturated carbocycles. The average molecular weight is 437 g/mol. The number of hydrazone groups is 1. The molecule has 3 aromatic carbocycles. The molecule has 0 aliphatic heterocycles.